The molecule has 0 amide bonds. The molecule has 372 valence electrons. The lowest BCUT2D eigenvalue weighted by molar-refractivity contribution is -0.161. The van der Waals surface area contributed by atoms with Crippen molar-refractivity contribution >= 4 is 25.7 Å². The number of carbonyl (C=O) groups is 3. The fourth-order valence-electron chi connectivity index (χ4n) is 7.05. The highest BCUT2D eigenvalue weighted by Crippen LogP contribution is 2.43. The Kier molecular flexibility index (Phi) is 45.1. The quantitative estimate of drug-likeness (QED) is 0.0229. The van der Waals surface area contributed by atoms with E-state index >= 15 is 0 Å². The van der Waals surface area contributed by atoms with E-state index in [9.17, 15) is 23.8 Å². The van der Waals surface area contributed by atoms with E-state index in [1.807, 2.05) is 0 Å². The normalized spacial score (nSPS) is 13.9. The molecule has 64 heavy (non-hydrogen) atoms. The predicted molar refractivity (Wildman–Crippen MR) is 263 cm³/mol. The van der Waals surface area contributed by atoms with E-state index in [0.29, 0.717) is 12.8 Å². The van der Waals surface area contributed by atoms with Crippen LogP contribution >= 0.6 is 7.82 Å². The fraction of sp³-hybridized carbons (Fsp3) is 0.788. The molecule has 0 aliphatic rings. The number of phosphoric acid groups is 1. The molecule has 0 aromatic carbocycles. The standard InChI is InChI=1S/C52H94NO10P/c1-3-5-7-9-11-13-15-17-19-21-23-24-26-27-29-31-33-35-37-39-41-43-50(54)60-45-48(46-61-64(58,59)62-47-49(53)52(56)57)63-51(55)44-42-40-38-36-34-32-30-28-25-22-20-18-16-14-12-10-8-6-4-2/h12,14,18,20,25,28,32,34,48-49H,3-11,13,15-17,19,21-24,26-27,29-31,33,35-47,53H2,1-2H3,(H,56,57)(H,58,59)/b14-12+,20-18+,28-25+,34-32+/t48-,49+/m1/s1. The fourth-order valence-corrected chi connectivity index (χ4v) is 7.83. The van der Waals surface area contributed by atoms with E-state index in [1.54, 1.807) is 0 Å². The first-order chi connectivity index (χ1) is 31.1. The Hall–Kier alpha value is -2.56. The predicted octanol–water partition coefficient (Wildman–Crippen LogP) is 14.5. The Balaban J connectivity index is 4.28. The Morgan fingerprint density at radius 2 is 0.828 bits per heavy atom. The summed E-state index contributed by atoms with van der Waals surface area (Å²) in [5, 5.41) is 8.92. The van der Waals surface area contributed by atoms with Gasteiger partial charge >= 0.3 is 25.7 Å². The van der Waals surface area contributed by atoms with Gasteiger partial charge in [-0.2, -0.15) is 0 Å². The molecule has 0 aliphatic heterocycles. The molecule has 4 N–H and O–H groups in total. The van der Waals surface area contributed by atoms with Gasteiger partial charge in [0.2, 0.25) is 0 Å². The molecule has 0 bridgehead atoms. The monoisotopic (exact) mass is 924 g/mol. The van der Waals surface area contributed by atoms with Crippen LogP contribution in [0.25, 0.3) is 0 Å². The molecule has 0 spiro atoms. The summed E-state index contributed by atoms with van der Waals surface area (Å²) >= 11 is 0. The van der Waals surface area contributed by atoms with Gasteiger partial charge in [0.15, 0.2) is 6.10 Å². The summed E-state index contributed by atoms with van der Waals surface area (Å²) in [5.41, 5.74) is 5.35. The number of nitrogens with two attached hydrogens (primary N) is 1. The summed E-state index contributed by atoms with van der Waals surface area (Å²) in [4.78, 5) is 46.2. The lowest BCUT2D eigenvalue weighted by Crippen LogP contribution is -2.34. The van der Waals surface area contributed by atoms with E-state index in [2.05, 4.69) is 67.0 Å². The lowest BCUT2D eigenvalue weighted by atomic mass is 10.0. The summed E-state index contributed by atoms with van der Waals surface area (Å²) in [7, 11) is -4.73. The van der Waals surface area contributed by atoms with Gasteiger partial charge < -0.3 is 25.2 Å². The molecule has 0 heterocycles. The zero-order valence-electron chi connectivity index (χ0n) is 40.6. The van der Waals surface area contributed by atoms with Crippen molar-refractivity contribution in [2.75, 3.05) is 19.8 Å². The molecule has 3 atom stereocenters. The number of esters is 2. The number of hydrogen-bond acceptors (Lipinski definition) is 9. The summed E-state index contributed by atoms with van der Waals surface area (Å²) in [6.07, 6.45) is 54.6. The minimum atomic E-state index is -4.73. The molecular formula is C52H94NO10P. The van der Waals surface area contributed by atoms with Crippen LogP contribution in [-0.2, 0) is 37.5 Å². The first-order valence-electron chi connectivity index (χ1n) is 25.7. The molecule has 0 rings (SSSR count). The van der Waals surface area contributed by atoms with Gasteiger partial charge in [0.1, 0.15) is 12.6 Å². The molecule has 0 radical (unpaired) electrons. The molecule has 11 nitrogen and oxygen atoms in total. The summed E-state index contributed by atoms with van der Waals surface area (Å²) < 4.78 is 32.8. The van der Waals surface area contributed by atoms with Crippen LogP contribution in [0.5, 0.6) is 0 Å². The van der Waals surface area contributed by atoms with Gasteiger partial charge in [-0.05, 0) is 57.8 Å². The number of rotatable bonds is 48. The number of carboxylic acid groups (broad SMARTS) is 1. The van der Waals surface area contributed by atoms with Gasteiger partial charge in [-0.3, -0.25) is 23.4 Å². The zero-order chi connectivity index (χ0) is 47.0. The van der Waals surface area contributed by atoms with Crippen molar-refractivity contribution in [1.29, 1.82) is 0 Å². The SMILES string of the molecule is CCCCC/C=C/C/C=C/C/C=C/C/C=C/CCCCCC(=O)O[C@H](COC(=O)CCCCCCCCCCCCCCCCCCCCCCC)COP(=O)(O)OC[C@H](N)C(=O)O. The maximum atomic E-state index is 12.7. The van der Waals surface area contributed by atoms with Gasteiger partial charge in [-0.15, -0.1) is 0 Å². The van der Waals surface area contributed by atoms with Crippen molar-refractivity contribution in [2.24, 2.45) is 5.73 Å². The highest BCUT2D eigenvalue weighted by molar-refractivity contribution is 7.47. The molecule has 0 fully saturated rings. The molecule has 0 saturated heterocycles. The molecule has 0 saturated carbocycles. The van der Waals surface area contributed by atoms with E-state index in [0.717, 1.165) is 57.8 Å². The minimum Gasteiger partial charge on any atom is -0.480 e. The van der Waals surface area contributed by atoms with Gasteiger partial charge in [-0.25, -0.2) is 4.57 Å². The van der Waals surface area contributed by atoms with E-state index < -0.39 is 51.1 Å². The van der Waals surface area contributed by atoms with Crippen LogP contribution in [0.1, 0.15) is 232 Å². The Morgan fingerprint density at radius 1 is 0.484 bits per heavy atom. The van der Waals surface area contributed by atoms with Crippen molar-refractivity contribution in [3.05, 3.63) is 48.6 Å². The largest absolute Gasteiger partial charge is 0.480 e. The molecular weight excluding hydrogens is 830 g/mol. The number of ether oxygens (including phenoxy) is 2. The number of phosphoric ester groups is 1. The average molecular weight is 924 g/mol. The number of hydrogen-bond donors (Lipinski definition) is 3. The molecule has 0 aliphatic carbocycles. The maximum Gasteiger partial charge on any atom is 0.472 e. The molecule has 0 aromatic heterocycles. The number of allylic oxidation sites excluding steroid dienone is 8. The molecule has 1 unspecified atom stereocenters. The Bertz CT molecular complexity index is 1270. The smallest absolute Gasteiger partial charge is 0.472 e. The number of aliphatic carboxylic acids is 1. The number of carboxylic acids is 1. The first kappa shape index (κ1) is 61.4. The highest BCUT2D eigenvalue weighted by atomic mass is 31.2. The third kappa shape index (κ3) is 46.0. The third-order valence-corrected chi connectivity index (χ3v) is 12.0. The number of carbonyl (C=O) groups excluding carboxylic acids is 2. The van der Waals surface area contributed by atoms with Crippen LogP contribution in [0, 0.1) is 0 Å². The van der Waals surface area contributed by atoms with E-state index in [1.165, 1.54) is 135 Å². The van der Waals surface area contributed by atoms with Gasteiger partial charge in [-0.1, -0.05) is 210 Å². The molecule has 12 heteroatoms. The highest BCUT2D eigenvalue weighted by Gasteiger charge is 2.28. The van der Waals surface area contributed by atoms with Crippen molar-refractivity contribution in [3.8, 4) is 0 Å². The number of unbranched alkanes of at least 4 members (excludes halogenated alkanes) is 26. The van der Waals surface area contributed by atoms with E-state index in [-0.39, 0.29) is 19.4 Å². The van der Waals surface area contributed by atoms with Crippen LogP contribution in [0.15, 0.2) is 48.6 Å². The van der Waals surface area contributed by atoms with Crippen molar-refractivity contribution < 1.29 is 47.5 Å². The van der Waals surface area contributed by atoms with Crippen LogP contribution in [0.3, 0.4) is 0 Å². The van der Waals surface area contributed by atoms with Crippen LogP contribution < -0.4 is 5.73 Å². The Morgan fingerprint density at radius 3 is 1.27 bits per heavy atom. The zero-order valence-corrected chi connectivity index (χ0v) is 41.5. The van der Waals surface area contributed by atoms with Crippen molar-refractivity contribution in [1.82, 2.24) is 0 Å². The van der Waals surface area contributed by atoms with E-state index in [4.69, 9.17) is 24.8 Å². The van der Waals surface area contributed by atoms with Crippen LogP contribution in [0.4, 0.5) is 0 Å². The minimum absolute atomic E-state index is 0.124. The van der Waals surface area contributed by atoms with Crippen LogP contribution in [0.2, 0.25) is 0 Å². The second-order valence-corrected chi connectivity index (χ2v) is 18.8. The third-order valence-electron chi connectivity index (χ3n) is 11.1. The van der Waals surface area contributed by atoms with Crippen molar-refractivity contribution in [2.45, 2.75) is 244 Å². The first-order valence-corrected chi connectivity index (χ1v) is 27.2. The summed E-state index contributed by atoms with van der Waals surface area (Å²) in [6.45, 7) is 2.78. The topological polar surface area (TPSA) is 172 Å². The maximum absolute atomic E-state index is 12.7. The van der Waals surface area contributed by atoms with Crippen LogP contribution in [-0.4, -0.2) is 59.9 Å². The van der Waals surface area contributed by atoms with Gasteiger partial charge in [0.05, 0.1) is 13.2 Å². The van der Waals surface area contributed by atoms with Gasteiger partial charge in [0, 0.05) is 12.8 Å². The second kappa shape index (κ2) is 47.0. The lowest BCUT2D eigenvalue weighted by Gasteiger charge is -2.20. The Labute approximate surface area is 390 Å². The summed E-state index contributed by atoms with van der Waals surface area (Å²) in [6, 6.07) is -1.53. The van der Waals surface area contributed by atoms with Crippen molar-refractivity contribution in [3.63, 3.8) is 0 Å². The second-order valence-electron chi connectivity index (χ2n) is 17.3. The molecule has 0 aromatic rings. The summed E-state index contributed by atoms with van der Waals surface area (Å²) in [5.74, 6) is -2.41. The van der Waals surface area contributed by atoms with Gasteiger partial charge in [0.25, 0.3) is 0 Å². The average Bonchev–Trinajstić information content (AvgIpc) is 3.27.